The van der Waals surface area contributed by atoms with Crippen LogP contribution in [0.1, 0.15) is 25.7 Å². The molecular formula is C22H24N6O3. The van der Waals surface area contributed by atoms with Crippen molar-refractivity contribution in [2.75, 3.05) is 11.9 Å². The second-order valence-corrected chi connectivity index (χ2v) is 8.31. The fraction of sp³-hybridized carbons (Fsp3) is 0.364. The van der Waals surface area contributed by atoms with E-state index in [4.69, 9.17) is 0 Å². The van der Waals surface area contributed by atoms with Gasteiger partial charge in [0.15, 0.2) is 5.82 Å². The minimum absolute atomic E-state index is 0.0848. The van der Waals surface area contributed by atoms with Gasteiger partial charge in [0.25, 0.3) is 0 Å². The Morgan fingerprint density at radius 3 is 2.48 bits per heavy atom. The van der Waals surface area contributed by atoms with Gasteiger partial charge in [-0.2, -0.15) is 5.10 Å². The summed E-state index contributed by atoms with van der Waals surface area (Å²) in [5, 5.41) is 35.4. The number of anilines is 1. The van der Waals surface area contributed by atoms with Crippen molar-refractivity contribution in [3.8, 4) is 28.1 Å². The van der Waals surface area contributed by atoms with Crippen LogP contribution in [0.2, 0.25) is 0 Å². The van der Waals surface area contributed by atoms with Gasteiger partial charge in [-0.3, -0.25) is 5.10 Å². The molecule has 1 amide bonds. The van der Waals surface area contributed by atoms with Crippen LogP contribution in [0.4, 0.5) is 10.6 Å². The number of aromatic hydroxyl groups is 1. The molecule has 2 saturated heterocycles. The Morgan fingerprint density at radius 2 is 1.90 bits per heavy atom. The number of H-pyrrole nitrogens is 1. The molecule has 2 aliphatic heterocycles. The van der Waals surface area contributed by atoms with Crippen LogP contribution < -0.4 is 4.90 Å². The van der Waals surface area contributed by atoms with Gasteiger partial charge in [-0.25, -0.2) is 4.79 Å². The van der Waals surface area contributed by atoms with E-state index in [0.29, 0.717) is 11.3 Å². The number of carboxylic acid groups (broad SMARTS) is 1. The number of hydrogen-bond donors (Lipinski definition) is 3. The largest absolute Gasteiger partial charge is 0.507 e. The first-order valence-electron chi connectivity index (χ1n) is 10.4. The molecule has 2 fully saturated rings. The van der Waals surface area contributed by atoms with Crippen LogP contribution in [-0.2, 0) is 0 Å². The average molecular weight is 420 g/mol. The molecule has 0 radical (unpaired) electrons. The summed E-state index contributed by atoms with van der Waals surface area (Å²) in [6.45, 7) is 0. The average Bonchev–Trinajstić information content (AvgIpc) is 3.40. The van der Waals surface area contributed by atoms with Crippen molar-refractivity contribution in [3.63, 3.8) is 0 Å². The maximum absolute atomic E-state index is 11.5. The summed E-state index contributed by atoms with van der Waals surface area (Å²) in [6.07, 6.45) is 6.13. The van der Waals surface area contributed by atoms with E-state index in [0.717, 1.165) is 42.6 Å². The predicted molar refractivity (Wildman–Crippen MR) is 115 cm³/mol. The molecule has 9 heteroatoms. The van der Waals surface area contributed by atoms with Gasteiger partial charge in [-0.05, 0) is 55.5 Å². The SMILES string of the molecule is CN(c1ccc(-c2ccc(-c3cn[nH]c3)cc2O)nn1)[C@@H]1C[C@H]2CC[C@@H](C1)N2C(=O)O. The molecule has 0 spiro atoms. The first kappa shape index (κ1) is 19.3. The summed E-state index contributed by atoms with van der Waals surface area (Å²) < 4.78 is 0. The Bertz CT molecular complexity index is 1070. The van der Waals surface area contributed by atoms with Crippen molar-refractivity contribution < 1.29 is 15.0 Å². The number of carbonyl (C=O) groups is 1. The minimum atomic E-state index is -0.809. The molecule has 2 bridgehead atoms. The smallest absolute Gasteiger partial charge is 0.407 e. The van der Waals surface area contributed by atoms with Crippen LogP contribution >= 0.6 is 0 Å². The zero-order chi connectivity index (χ0) is 21.5. The van der Waals surface area contributed by atoms with Crippen molar-refractivity contribution >= 4 is 11.9 Å². The van der Waals surface area contributed by atoms with Crippen LogP contribution in [0.25, 0.3) is 22.4 Å². The number of aromatic amines is 1. The highest BCUT2D eigenvalue weighted by Crippen LogP contribution is 2.38. The lowest BCUT2D eigenvalue weighted by atomic mass is 9.96. The van der Waals surface area contributed by atoms with Crippen LogP contribution in [0.5, 0.6) is 5.75 Å². The fourth-order valence-electron chi connectivity index (χ4n) is 4.96. The van der Waals surface area contributed by atoms with Crippen molar-refractivity contribution in [2.45, 2.75) is 43.8 Å². The molecule has 3 aromatic rings. The highest BCUT2D eigenvalue weighted by atomic mass is 16.4. The highest BCUT2D eigenvalue weighted by molar-refractivity contribution is 5.74. The molecular weight excluding hydrogens is 396 g/mol. The Balaban J connectivity index is 1.32. The van der Waals surface area contributed by atoms with Crippen LogP contribution in [-0.4, -0.2) is 66.8 Å². The molecule has 3 N–H and O–H groups in total. The second kappa shape index (κ2) is 7.57. The molecule has 9 nitrogen and oxygen atoms in total. The summed E-state index contributed by atoms with van der Waals surface area (Å²) in [5.41, 5.74) is 2.96. The third-order valence-electron chi connectivity index (χ3n) is 6.59. The summed E-state index contributed by atoms with van der Waals surface area (Å²) in [5.74, 6) is 0.873. The standard InChI is InChI=1S/C22H24N6O3/c1-27(17-9-15-3-4-16(10-17)28(15)22(30)31)21-7-6-19(25-26-21)18-5-2-13(8-20(18)29)14-11-23-24-12-14/h2,5-8,11-12,15-17,29H,3-4,9-10H2,1H3,(H,23,24)(H,30,31)/t15-,16+,17-. The number of phenols is 1. The third-order valence-corrected chi connectivity index (χ3v) is 6.59. The Kier molecular flexibility index (Phi) is 4.72. The lowest BCUT2D eigenvalue weighted by Crippen LogP contribution is -2.51. The number of piperidine rings is 1. The number of aromatic nitrogens is 4. The minimum Gasteiger partial charge on any atom is -0.507 e. The molecule has 1 aromatic carbocycles. The normalized spacial score (nSPS) is 22.5. The fourth-order valence-corrected chi connectivity index (χ4v) is 4.96. The number of nitrogens with zero attached hydrogens (tertiary/aromatic N) is 5. The molecule has 0 saturated carbocycles. The molecule has 4 heterocycles. The molecule has 3 atom stereocenters. The van der Waals surface area contributed by atoms with Gasteiger partial charge in [-0.15, -0.1) is 10.2 Å². The molecule has 160 valence electrons. The number of fused-ring (bicyclic) bond motifs is 2. The second-order valence-electron chi connectivity index (χ2n) is 8.31. The zero-order valence-corrected chi connectivity index (χ0v) is 17.1. The zero-order valence-electron chi connectivity index (χ0n) is 17.1. The summed E-state index contributed by atoms with van der Waals surface area (Å²) in [4.78, 5) is 15.2. The van der Waals surface area contributed by atoms with E-state index >= 15 is 0 Å². The van der Waals surface area contributed by atoms with E-state index in [2.05, 4.69) is 25.3 Å². The van der Waals surface area contributed by atoms with Gasteiger partial charge in [0.05, 0.1) is 11.9 Å². The van der Waals surface area contributed by atoms with Crippen molar-refractivity contribution in [1.29, 1.82) is 0 Å². The molecule has 0 aliphatic carbocycles. The van der Waals surface area contributed by atoms with Gasteiger partial charge >= 0.3 is 6.09 Å². The first-order valence-corrected chi connectivity index (χ1v) is 10.4. The van der Waals surface area contributed by atoms with Crippen molar-refractivity contribution in [2.24, 2.45) is 0 Å². The maximum atomic E-state index is 11.5. The Hall–Kier alpha value is -3.62. The highest BCUT2D eigenvalue weighted by Gasteiger charge is 2.44. The monoisotopic (exact) mass is 420 g/mol. The quantitative estimate of drug-likeness (QED) is 0.592. The lowest BCUT2D eigenvalue weighted by Gasteiger charge is -2.41. The lowest BCUT2D eigenvalue weighted by molar-refractivity contribution is 0.0965. The van der Waals surface area contributed by atoms with E-state index in [1.165, 1.54) is 0 Å². The summed E-state index contributed by atoms with van der Waals surface area (Å²) in [7, 11) is 1.99. The van der Waals surface area contributed by atoms with Gasteiger partial charge in [0, 0.05) is 42.5 Å². The molecule has 2 aliphatic rings. The van der Waals surface area contributed by atoms with Gasteiger partial charge < -0.3 is 20.0 Å². The number of amides is 1. The van der Waals surface area contributed by atoms with Gasteiger partial charge in [0.1, 0.15) is 5.75 Å². The van der Waals surface area contributed by atoms with E-state index < -0.39 is 6.09 Å². The number of phenolic OH excluding ortho intramolecular Hbond substituents is 1. The molecule has 0 unspecified atom stereocenters. The topological polar surface area (TPSA) is 118 Å². The number of hydrogen-bond acceptors (Lipinski definition) is 6. The summed E-state index contributed by atoms with van der Waals surface area (Å²) >= 11 is 0. The summed E-state index contributed by atoms with van der Waals surface area (Å²) in [6, 6.07) is 9.58. The van der Waals surface area contributed by atoms with Crippen LogP contribution in [0.15, 0.2) is 42.7 Å². The van der Waals surface area contributed by atoms with Gasteiger partial charge in [0.2, 0.25) is 0 Å². The predicted octanol–water partition coefficient (Wildman–Crippen LogP) is 3.35. The number of rotatable bonds is 4. The Morgan fingerprint density at radius 1 is 1.13 bits per heavy atom. The maximum Gasteiger partial charge on any atom is 0.407 e. The number of nitrogens with one attached hydrogen (secondary N) is 1. The third kappa shape index (κ3) is 3.45. The van der Waals surface area contributed by atoms with Crippen molar-refractivity contribution in [1.82, 2.24) is 25.3 Å². The van der Waals surface area contributed by atoms with Crippen LogP contribution in [0, 0.1) is 0 Å². The first-order chi connectivity index (χ1) is 15.0. The van der Waals surface area contributed by atoms with Gasteiger partial charge in [-0.1, -0.05) is 6.07 Å². The van der Waals surface area contributed by atoms with E-state index in [1.54, 1.807) is 23.4 Å². The van der Waals surface area contributed by atoms with E-state index in [-0.39, 0.29) is 23.9 Å². The number of benzene rings is 1. The Labute approximate surface area is 179 Å². The van der Waals surface area contributed by atoms with Crippen molar-refractivity contribution in [3.05, 3.63) is 42.7 Å². The van der Waals surface area contributed by atoms with E-state index in [9.17, 15) is 15.0 Å². The molecule has 31 heavy (non-hydrogen) atoms. The van der Waals surface area contributed by atoms with E-state index in [1.807, 2.05) is 31.3 Å². The molecule has 2 aromatic heterocycles. The van der Waals surface area contributed by atoms with Crippen LogP contribution in [0.3, 0.4) is 0 Å². The molecule has 5 rings (SSSR count).